The summed E-state index contributed by atoms with van der Waals surface area (Å²) >= 11 is 0. The summed E-state index contributed by atoms with van der Waals surface area (Å²) < 4.78 is 0. The van der Waals surface area contributed by atoms with Gasteiger partial charge in [-0.05, 0) is 55.3 Å². The molecule has 0 aliphatic rings. The van der Waals surface area contributed by atoms with E-state index in [0.29, 0.717) is 5.41 Å². The van der Waals surface area contributed by atoms with Gasteiger partial charge in [-0.3, -0.25) is 0 Å². The zero-order valence-electron chi connectivity index (χ0n) is 12.1. The second kappa shape index (κ2) is 6.20. The van der Waals surface area contributed by atoms with E-state index in [4.69, 9.17) is 0 Å². The Bertz CT molecular complexity index is 357. The van der Waals surface area contributed by atoms with Crippen molar-refractivity contribution in [1.82, 2.24) is 5.32 Å². The third-order valence-electron chi connectivity index (χ3n) is 3.86. The van der Waals surface area contributed by atoms with Crippen molar-refractivity contribution in [3.05, 3.63) is 34.9 Å². The molecule has 0 fully saturated rings. The summed E-state index contributed by atoms with van der Waals surface area (Å²) in [6.45, 7) is 13.4. The summed E-state index contributed by atoms with van der Waals surface area (Å²) in [5.74, 6) is 0. The Morgan fingerprint density at radius 1 is 1.12 bits per heavy atom. The van der Waals surface area contributed by atoms with E-state index >= 15 is 0 Å². The summed E-state index contributed by atoms with van der Waals surface area (Å²) in [6.07, 6.45) is 2.38. The van der Waals surface area contributed by atoms with Crippen molar-refractivity contribution >= 4 is 0 Å². The van der Waals surface area contributed by atoms with E-state index < -0.39 is 0 Å². The Hall–Kier alpha value is -0.820. The third-order valence-corrected chi connectivity index (χ3v) is 3.86. The summed E-state index contributed by atoms with van der Waals surface area (Å²) in [5.41, 5.74) is 4.64. The summed E-state index contributed by atoms with van der Waals surface area (Å²) in [5, 5.41) is 3.49. The maximum Gasteiger partial charge on any atom is 0.000813 e. The van der Waals surface area contributed by atoms with Crippen molar-refractivity contribution in [1.29, 1.82) is 0 Å². The molecule has 1 heteroatoms. The standard InChI is InChI=1S/C16H27N/c1-6-16(5,12-17-7-2)11-15-9-8-13(3)14(4)10-15/h8-10,17H,6-7,11-12H2,1-5H3. The largest absolute Gasteiger partial charge is 0.316 e. The molecule has 1 atom stereocenters. The molecule has 96 valence electrons. The maximum atomic E-state index is 3.49. The minimum atomic E-state index is 0.373. The van der Waals surface area contributed by atoms with Crippen LogP contribution >= 0.6 is 0 Å². The fourth-order valence-corrected chi connectivity index (χ4v) is 2.15. The van der Waals surface area contributed by atoms with Crippen molar-refractivity contribution < 1.29 is 0 Å². The van der Waals surface area contributed by atoms with Crippen molar-refractivity contribution in [2.75, 3.05) is 13.1 Å². The van der Waals surface area contributed by atoms with Crippen LogP contribution in [-0.2, 0) is 6.42 Å². The monoisotopic (exact) mass is 233 g/mol. The second-order valence-electron chi connectivity index (χ2n) is 5.54. The third kappa shape index (κ3) is 4.16. The Kier molecular flexibility index (Phi) is 5.20. The molecule has 0 saturated carbocycles. The Labute approximate surface area is 107 Å². The van der Waals surface area contributed by atoms with E-state index in [2.05, 4.69) is 58.1 Å². The SMILES string of the molecule is CCNCC(C)(CC)Cc1ccc(C)c(C)c1. The molecule has 1 nitrogen and oxygen atoms in total. The highest BCUT2D eigenvalue weighted by atomic mass is 14.9. The van der Waals surface area contributed by atoms with Crippen molar-refractivity contribution in [2.24, 2.45) is 5.41 Å². The van der Waals surface area contributed by atoms with Crippen LogP contribution in [0.1, 0.15) is 43.9 Å². The average Bonchev–Trinajstić information content (AvgIpc) is 2.31. The number of nitrogens with one attached hydrogen (secondary N) is 1. The molecule has 0 saturated heterocycles. The number of hydrogen-bond donors (Lipinski definition) is 1. The number of benzene rings is 1. The lowest BCUT2D eigenvalue weighted by Gasteiger charge is -2.29. The van der Waals surface area contributed by atoms with Crippen molar-refractivity contribution in [3.63, 3.8) is 0 Å². The van der Waals surface area contributed by atoms with E-state index in [1.165, 1.54) is 23.1 Å². The molecule has 1 rings (SSSR count). The molecular weight excluding hydrogens is 206 g/mol. The first kappa shape index (κ1) is 14.2. The van der Waals surface area contributed by atoms with E-state index in [1.54, 1.807) is 0 Å². The summed E-state index contributed by atoms with van der Waals surface area (Å²) in [4.78, 5) is 0. The number of rotatable bonds is 6. The number of hydrogen-bond acceptors (Lipinski definition) is 1. The zero-order valence-corrected chi connectivity index (χ0v) is 12.1. The van der Waals surface area contributed by atoms with Crippen LogP contribution in [0.3, 0.4) is 0 Å². The topological polar surface area (TPSA) is 12.0 Å². The zero-order chi connectivity index (χ0) is 12.9. The normalized spacial score (nSPS) is 14.6. The van der Waals surface area contributed by atoms with Crippen molar-refractivity contribution in [2.45, 2.75) is 47.5 Å². The van der Waals surface area contributed by atoms with Gasteiger partial charge in [-0.1, -0.05) is 39.0 Å². The van der Waals surface area contributed by atoms with Gasteiger partial charge in [-0.25, -0.2) is 0 Å². The first-order valence-electron chi connectivity index (χ1n) is 6.77. The lowest BCUT2D eigenvalue weighted by Crippen LogP contribution is -2.33. The highest BCUT2D eigenvalue weighted by molar-refractivity contribution is 5.30. The van der Waals surface area contributed by atoms with Crippen LogP contribution in [0.5, 0.6) is 0 Å². The Morgan fingerprint density at radius 2 is 1.82 bits per heavy atom. The van der Waals surface area contributed by atoms with Gasteiger partial charge in [0.05, 0.1) is 0 Å². The summed E-state index contributed by atoms with van der Waals surface area (Å²) in [7, 11) is 0. The maximum absolute atomic E-state index is 3.49. The van der Waals surface area contributed by atoms with Crippen LogP contribution in [0.4, 0.5) is 0 Å². The predicted octanol–water partition coefficient (Wildman–Crippen LogP) is 3.87. The van der Waals surface area contributed by atoms with Gasteiger partial charge in [0.1, 0.15) is 0 Å². The van der Waals surface area contributed by atoms with E-state index in [1.807, 2.05) is 0 Å². The average molecular weight is 233 g/mol. The molecule has 1 N–H and O–H groups in total. The molecule has 1 aromatic carbocycles. The second-order valence-corrected chi connectivity index (χ2v) is 5.54. The predicted molar refractivity (Wildman–Crippen MR) is 76.6 cm³/mol. The molecule has 0 aliphatic heterocycles. The van der Waals surface area contributed by atoms with Crippen LogP contribution in [0.2, 0.25) is 0 Å². The van der Waals surface area contributed by atoms with Crippen LogP contribution in [0, 0.1) is 19.3 Å². The van der Waals surface area contributed by atoms with Crippen LogP contribution in [-0.4, -0.2) is 13.1 Å². The van der Waals surface area contributed by atoms with E-state index in [0.717, 1.165) is 19.5 Å². The fraction of sp³-hybridized carbons (Fsp3) is 0.625. The number of aryl methyl sites for hydroxylation is 2. The molecule has 17 heavy (non-hydrogen) atoms. The molecule has 0 bridgehead atoms. The molecule has 0 heterocycles. The lowest BCUT2D eigenvalue weighted by atomic mass is 9.80. The van der Waals surface area contributed by atoms with Crippen LogP contribution in [0.15, 0.2) is 18.2 Å². The molecule has 0 amide bonds. The van der Waals surface area contributed by atoms with Gasteiger partial charge in [0.15, 0.2) is 0 Å². The van der Waals surface area contributed by atoms with Gasteiger partial charge >= 0.3 is 0 Å². The fourth-order valence-electron chi connectivity index (χ4n) is 2.15. The van der Waals surface area contributed by atoms with Crippen LogP contribution in [0.25, 0.3) is 0 Å². The Balaban J connectivity index is 2.76. The van der Waals surface area contributed by atoms with Gasteiger partial charge in [0, 0.05) is 6.54 Å². The van der Waals surface area contributed by atoms with E-state index in [9.17, 15) is 0 Å². The minimum absolute atomic E-state index is 0.373. The van der Waals surface area contributed by atoms with Crippen LogP contribution < -0.4 is 5.32 Å². The molecule has 0 aliphatic carbocycles. The van der Waals surface area contributed by atoms with Gasteiger partial charge in [-0.2, -0.15) is 0 Å². The summed E-state index contributed by atoms with van der Waals surface area (Å²) in [6, 6.07) is 6.87. The first-order valence-corrected chi connectivity index (χ1v) is 6.77. The molecule has 0 radical (unpaired) electrons. The first-order chi connectivity index (χ1) is 8.00. The highest BCUT2D eigenvalue weighted by Crippen LogP contribution is 2.26. The molecule has 1 aromatic rings. The van der Waals surface area contributed by atoms with Gasteiger partial charge in [0.2, 0.25) is 0 Å². The molecule has 0 spiro atoms. The van der Waals surface area contributed by atoms with Gasteiger partial charge < -0.3 is 5.32 Å². The van der Waals surface area contributed by atoms with E-state index in [-0.39, 0.29) is 0 Å². The highest BCUT2D eigenvalue weighted by Gasteiger charge is 2.21. The molecular formula is C16H27N. The quantitative estimate of drug-likeness (QED) is 0.786. The Morgan fingerprint density at radius 3 is 2.35 bits per heavy atom. The van der Waals surface area contributed by atoms with Crippen molar-refractivity contribution in [3.8, 4) is 0 Å². The smallest absolute Gasteiger partial charge is 0.000813 e. The van der Waals surface area contributed by atoms with Gasteiger partial charge in [0.25, 0.3) is 0 Å². The molecule has 1 unspecified atom stereocenters. The lowest BCUT2D eigenvalue weighted by molar-refractivity contribution is 0.293. The minimum Gasteiger partial charge on any atom is -0.316 e. The van der Waals surface area contributed by atoms with Gasteiger partial charge in [-0.15, -0.1) is 0 Å². The molecule has 0 aromatic heterocycles.